The van der Waals surface area contributed by atoms with Gasteiger partial charge in [-0.25, -0.2) is 23.5 Å². The maximum Gasteiger partial charge on any atom is 0.431 e. The van der Waals surface area contributed by atoms with Crippen LogP contribution in [0, 0.1) is 11.7 Å². The zero-order chi connectivity index (χ0) is 27.5. The SMILES string of the molecule is CC(C)COC(=O)COc1ncccc1Oc1nc(-n2c(=O)cc(C(F)(F)F)n(C)c2=O)c(F)cc1Cl. The van der Waals surface area contributed by atoms with E-state index >= 15 is 0 Å². The molecule has 0 saturated heterocycles. The summed E-state index contributed by atoms with van der Waals surface area (Å²) in [6.07, 6.45) is -3.69. The molecule has 198 valence electrons. The van der Waals surface area contributed by atoms with E-state index in [9.17, 15) is 31.9 Å². The second-order valence-electron chi connectivity index (χ2n) is 7.90. The van der Waals surface area contributed by atoms with Crippen molar-refractivity contribution in [3.63, 3.8) is 0 Å². The monoisotopic (exact) mass is 546 g/mol. The molecule has 0 unspecified atom stereocenters. The van der Waals surface area contributed by atoms with Gasteiger partial charge in [-0.15, -0.1) is 0 Å². The molecule has 0 atom stereocenters. The smallest absolute Gasteiger partial charge is 0.431 e. The number of esters is 1. The molecule has 3 rings (SSSR count). The topological polar surface area (TPSA) is 115 Å². The number of hydrogen-bond acceptors (Lipinski definition) is 8. The zero-order valence-corrected chi connectivity index (χ0v) is 20.3. The molecular weight excluding hydrogens is 528 g/mol. The molecule has 0 aliphatic rings. The Bertz CT molecular complexity index is 1440. The van der Waals surface area contributed by atoms with Crippen molar-refractivity contribution in [2.24, 2.45) is 13.0 Å². The van der Waals surface area contributed by atoms with E-state index in [2.05, 4.69) is 9.97 Å². The van der Waals surface area contributed by atoms with Gasteiger partial charge >= 0.3 is 17.8 Å². The highest BCUT2D eigenvalue weighted by Crippen LogP contribution is 2.34. The molecule has 3 aromatic rings. The van der Waals surface area contributed by atoms with Crippen LogP contribution in [0.5, 0.6) is 17.5 Å². The Morgan fingerprint density at radius 3 is 2.54 bits per heavy atom. The molecule has 0 saturated carbocycles. The molecule has 0 amide bonds. The third-order valence-electron chi connectivity index (χ3n) is 4.55. The first-order chi connectivity index (χ1) is 17.3. The summed E-state index contributed by atoms with van der Waals surface area (Å²) in [5.74, 6) is -3.69. The number of alkyl halides is 3. The van der Waals surface area contributed by atoms with Gasteiger partial charge < -0.3 is 14.2 Å². The minimum Gasteiger partial charge on any atom is -0.463 e. The fraction of sp³-hybridized carbons (Fsp3) is 0.318. The van der Waals surface area contributed by atoms with E-state index in [1.807, 2.05) is 13.8 Å². The van der Waals surface area contributed by atoms with Crippen molar-refractivity contribution in [1.29, 1.82) is 0 Å². The first kappa shape index (κ1) is 27.6. The van der Waals surface area contributed by atoms with E-state index in [1.165, 1.54) is 18.3 Å². The Morgan fingerprint density at radius 2 is 1.89 bits per heavy atom. The van der Waals surface area contributed by atoms with Crippen molar-refractivity contribution in [2.45, 2.75) is 20.0 Å². The largest absolute Gasteiger partial charge is 0.463 e. The van der Waals surface area contributed by atoms with E-state index in [4.69, 9.17) is 25.8 Å². The molecule has 3 heterocycles. The Balaban J connectivity index is 1.97. The Kier molecular flexibility index (Phi) is 8.21. The van der Waals surface area contributed by atoms with Crippen molar-refractivity contribution >= 4 is 17.6 Å². The van der Waals surface area contributed by atoms with Gasteiger partial charge in [0.15, 0.2) is 24.0 Å². The molecule has 0 bridgehead atoms. The Morgan fingerprint density at radius 1 is 1.19 bits per heavy atom. The predicted octanol–water partition coefficient (Wildman–Crippen LogP) is 3.51. The van der Waals surface area contributed by atoms with Gasteiger partial charge in [0.05, 0.1) is 6.61 Å². The van der Waals surface area contributed by atoms with Crippen molar-refractivity contribution in [1.82, 2.24) is 19.1 Å². The standard InChI is InChI=1S/C22H19ClF4N4O6/c1-11(2)9-35-17(33)10-36-20-14(5-4-6-28-20)37-19-12(23)7-13(24)18(29-19)31-16(32)8-15(22(25,26)27)30(3)21(31)34/h4-8,11H,9-10H2,1-3H3. The summed E-state index contributed by atoms with van der Waals surface area (Å²) < 4.78 is 70.1. The fourth-order valence-electron chi connectivity index (χ4n) is 2.86. The van der Waals surface area contributed by atoms with Gasteiger partial charge in [0.25, 0.3) is 11.4 Å². The van der Waals surface area contributed by atoms with Crippen LogP contribution in [0.25, 0.3) is 5.82 Å². The summed E-state index contributed by atoms with van der Waals surface area (Å²) in [6.45, 7) is 3.35. The lowest BCUT2D eigenvalue weighted by atomic mass is 10.2. The van der Waals surface area contributed by atoms with Crippen LogP contribution in [0.4, 0.5) is 17.6 Å². The van der Waals surface area contributed by atoms with E-state index in [0.29, 0.717) is 6.07 Å². The molecule has 37 heavy (non-hydrogen) atoms. The van der Waals surface area contributed by atoms with Crippen molar-refractivity contribution < 1.29 is 36.6 Å². The highest BCUT2D eigenvalue weighted by Gasteiger charge is 2.35. The summed E-state index contributed by atoms with van der Waals surface area (Å²) in [5.41, 5.74) is -4.53. The van der Waals surface area contributed by atoms with E-state index in [1.54, 1.807) is 0 Å². The number of halogens is 5. The van der Waals surface area contributed by atoms with Crippen LogP contribution in [0.1, 0.15) is 19.5 Å². The molecule has 0 radical (unpaired) electrons. The van der Waals surface area contributed by atoms with Crippen molar-refractivity contribution in [3.8, 4) is 23.3 Å². The van der Waals surface area contributed by atoms with E-state index < -0.39 is 58.2 Å². The van der Waals surface area contributed by atoms with Gasteiger partial charge in [0.2, 0.25) is 5.88 Å². The van der Waals surface area contributed by atoms with Gasteiger partial charge in [0, 0.05) is 25.4 Å². The minimum absolute atomic E-state index is 0.0964. The predicted molar refractivity (Wildman–Crippen MR) is 121 cm³/mol. The van der Waals surface area contributed by atoms with Gasteiger partial charge in [-0.1, -0.05) is 25.4 Å². The summed E-state index contributed by atoms with van der Waals surface area (Å²) >= 11 is 6.00. The number of ether oxygens (including phenoxy) is 3. The maximum atomic E-state index is 14.7. The van der Waals surface area contributed by atoms with Crippen LogP contribution in [0.2, 0.25) is 5.02 Å². The lowest BCUT2D eigenvalue weighted by molar-refractivity contribution is -0.147. The lowest BCUT2D eigenvalue weighted by Gasteiger charge is -2.15. The number of rotatable bonds is 8. The van der Waals surface area contributed by atoms with Crippen LogP contribution in [0.15, 0.2) is 40.1 Å². The summed E-state index contributed by atoms with van der Waals surface area (Å²) in [6, 6.07) is 3.55. The number of nitrogens with zero attached hydrogens (tertiary/aromatic N) is 4. The molecule has 0 N–H and O–H groups in total. The molecule has 0 spiro atoms. The number of carbonyl (C=O) groups excluding carboxylic acids is 1. The second kappa shape index (κ2) is 11.0. The normalized spacial score (nSPS) is 11.5. The molecule has 15 heteroatoms. The first-order valence-corrected chi connectivity index (χ1v) is 10.8. The molecule has 0 aromatic carbocycles. The van der Waals surface area contributed by atoms with Crippen LogP contribution in [0.3, 0.4) is 0 Å². The quantitative estimate of drug-likeness (QED) is 0.311. The third kappa shape index (κ3) is 6.44. The average molecular weight is 547 g/mol. The van der Waals surface area contributed by atoms with Crippen molar-refractivity contribution in [2.75, 3.05) is 13.2 Å². The van der Waals surface area contributed by atoms with Crippen LogP contribution >= 0.6 is 11.6 Å². The molecule has 3 aromatic heterocycles. The second-order valence-corrected chi connectivity index (χ2v) is 8.30. The van der Waals surface area contributed by atoms with E-state index in [0.717, 1.165) is 7.05 Å². The van der Waals surface area contributed by atoms with Gasteiger partial charge in [-0.2, -0.15) is 18.2 Å². The summed E-state index contributed by atoms with van der Waals surface area (Å²) in [7, 11) is 0.762. The molecular formula is C22H19ClF4N4O6. The van der Waals surface area contributed by atoms with Crippen LogP contribution < -0.4 is 20.7 Å². The van der Waals surface area contributed by atoms with E-state index in [-0.39, 0.29) is 39.4 Å². The van der Waals surface area contributed by atoms with Crippen molar-refractivity contribution in [3.05, 3.63) is 67.8 Å². The highest BCUT2D eigenvalue weighted by molar-refractivity contribution is 6.31. The van der Waals surface area contributed by atoms with Crippen LogP contribution in [-0.4, -0.2) is 38.3 Å². The highest BCUT2D eigenvalue weighted by atomic mass is 35.5. The summed E-state index contributed by atoms with van der Waals surface area (Å²) in [5, 5.41) is -0.413. The zero-order valence-electron chi connectivity index (χ0n) is 19.5. The first-order valence-electron chi connectivity index (χ1n) is 10.5. The van der Waals surface area contributed by atoms with Gasteiger partial charge in [0.1, 0.15) is 10.7 Å². The third-order valence-corrected chi connectivity index (χ3v) is 4.82. The average Bonchev–Trinajstić information content (AvgIpc) is 2.81. The van der Waals surface area contributed by atoms with Gasteiger partial charge in [-0.05, 0) is 18.1 Å². The fourth-order valence-corrected chi connectivity index (χ4v) is 3.03. The number of aromatic nitrogens is 4. The van der Waals surface area contributed by atoms with Crippen LogP contribution in [-0.2, 0) is 22.8 Å². The lowest BCUT2D eigenvalue weighted by Crippen LogP contribution is -2.41. The Labute approximate surface area is 211 Å². The number of hydrogen-bond donors (Lipinski definition) is 0. The maximum absolute atomic E-state index is 14.7. The minimum atomic E-state index is -5.01. The Hall–Kier alpha value is -3.94. The molecule has 10 nitrogen and oxygen atoms in total. The van der Waals surface area contributed by atoms with Gasteiger partial charge in [-0.3, -0.25) is 9.36 Å². The molecule has 0 aliphatic heterocycles. The molecule has 0 aliphatic carbocycles. The number of pyridine rings is 2. The number of carbonyl (C=O) groups is 1. The summed E-state index contributed by atoms with van der Waals surface area (Å²) in [4.78, 5) is 44.4. The molecule has 0 fully saturated rings.